The van der Waals surface area contributed by atoms with E-state index in [1.165, 1.54) is 11.1 Å². The van der Waals surface area contributed by atoms with E-state index in [9.17, 15) is 5.11 Å². The van der Waals surface area contributed by atoms with Crippen LogP contribution in [0.1, 0.15) is 75.7 Å². The van der Waals surface area contributed by atoms with Crippen LogP contribution < -0.4 is 5.32 Å². The van der Waals surface area contributed by atoms with Crippen molar-refractivity contribution < 1.29 is 14.6 Å². The molecule has 0 aromatic heterocycles. The summed E-state index contributed by atoms with van der Waals surface area (Å²) >= 11 is 1.74. The van der Waals surface area contributed by atoms with E-state index in [0.29, 0.717) is 17.1 Å². The zero-order chi connectivity index (χ0) is 25.5. The van der Waals surface area contributed by atoms with Gasteiger partial charge in [-0.3, -0.25) is 9.89 Å². The van der Waals surface area contributed by atoms with Crippen LogP contribution >= 0.6 is 11.8 Å². The summed E-state index contributed by atoms with van der Waals surface area (Å²) in [6.45, 7) is 21.1. The number of hydrogen-bond acceptors (Lipinski definition) is 7. The first-order chi connectivity index (χ1) is 15.2. The van der Waals surface area contributed by atoms with Gasteiger partial charge in [-0.1, -0.05) is 55.8 Å². The van der Waals surface area contributed by atoms with E-state index < -0.39 is 12.6 Å². The average Bonchev–Trinajstić information content (AvgIpc) is 2.73. The molecular formula is C26H49N3O3S. The van der Waals surface area contributed by atoms with Gasteiger partial charge in [0.1, 0.15) is 6.23 Å². The quantitative estimate of drug-likeness (QED) is 0.321. The number of likely N-dealkylation sites (N-methyl/N-ethyl adjacent to an activating group) is 1. The molecule has 1 heterocycles. The monoisotopic (exact) mass is 483 g/mol. The number of rotatable bonds is 10. The van der Waals surface area contributed by atoms with Crippen molar-refractivity contribution in [3.8, 4) is 0 Å². The van der Waals surface area contributed by atoms with Gasteiger partial charge in [-0.05, 0) is 73.8 Å². The van der Waals surface area contributed by atoms with Gasteiger partial charge in [0.25, 0.3) is 0 Å². The van der Waals surface area contributed by atoms with Crippen LogP contribution in [0.5, 0.6) is 0 Å². The second kappa shape index (κ2) is 13.3. The first kappa shape index (κ1) is 30.2. The molecule has 0 aliphatic carbocycles. The molecular weight excluding hydrogens is 434 g/mol. The number of aliphatic hydroxyl groups is 1. The molecule has 0 aromatic carbocycles. The summed E-state index contributed by atoms with van der Waals surface area (Å²) in [5.74, 6) is 0.837. The van der Waals surface area contributed by atoms with Crippen LogP contribution in [0.3, 0.4) is 0 Å². The second-order valence-corrected chi connectivity index (χ2v) is 12.0. The maximum Gasteiger partial charge on any atom is 0.219 e. The average molecular weight is 484 g/mol. The van der Waals surface area contributed by atoms with E-state index in [-0.39, 0.29) is 17.7 Å². The Morgan fingerprint density at radius 2 is 1.82 bits per heavy atom. The van der Waals surface area contributed by atoms with Gasteiger partial charge < -0.3 is 19.9 Å². The number of allylic oxidation sites excluding steroid dienone is 3. The molecule has 0 spiro atoms. The molecule has 1 aliphatic rings. The predicted octanol–water partition coefficient (Wildman–Crippen LogP) is 5.39. The Labute approximate surface area is 207 Å². The topological polar surface area (TPSA) is 66.3 Å². The summed E-state index contributed by atoms with van der Waals surface area (Å²) in [5.41, 5.74) is 2.27. The van der Waals surface area contributed by atoms with E-state index in [1.807, 2.05) is 39.6 Å². The Kier molecular flexibility index (Phi) is 12.1. The molecule has 33 heavy (non-hydrogen) atoms. The van der Waals surface area contributed by atoms with Gasteiger partial charge in [0.15, 0.2) is 5.17 Å². The summed E-state index contributed by atoms with van der Waals surface area (Å²) < 4.78 is 11.5. The Bertz CT molecular complexity index is 695. The van der Waals surface area contributed by atoms with Gasteiger partial charge in [-0.15, -0.1) is 0 Å². The molecule has 2 N–H and O–H groups in total. The molecule has 6 atom stereocenters. The highest BCUT2D eigenvalue weighted by molar-refractivity contribution is 8.14. The van der Waals surface area contributed by atoms with Crippen molar-refractivity contribution in [3.63, 3.8) is 0 Å². The summed E-state index contributed by atoms with van der Waals surface area (Å²) in [7, 11) is 3.51. The SMILES string of the molecule is CO[C@H](OC(C)(C)C)N(C)[C@@H](C)[C@@H](O)NC1=NC([C@@H](C)/C=C\C(C)=C(C)C)C[C@H](C(C)C)S1. The second-order valence-electron chi connectivity index (χ2n) is 10.8. The van der Waals surface area contributed by atoms with Crippen molar-refractivity contribution in [2.75, 3.05) is 14.2 Å². The fraction of sp³-hybridized carbons (Fsp3) is 0.808. The predicted molar refractivity (Wildman–Crippen MR) is 142 cm³/mol. The summed E-state index contributed by atoms with van der Waals surface area (Å²) in [5, 5.41) is 15.5. The maximum absolute atomic E-state index is 11.0. The highest BCUT2D eigenvalue weighted by Crippen LogP contribution is 2.33. The molecule has 1 unspecified atom stereocenters. The molecule has 0 bridgehead atoms. The Hall–Kier alpha value is -0.860. The lowest BCUT2D eigenvalue weighted by atomic mass is 9.93. The number of thioether (sulfide) groups is 1. The van der Waals surface area contributed by atoms with Gasteiger partial charge in [-0.25, -0.2) is 0 Å². The molecule has 1 aliphatic heterocycles. The molecule has 1 rings (SSSR count). The Balaban J connectivity index is 2.98. The number of methoxy groups -OCH3 is 1. The van der Waals surface area contributed by atoms with Crippen molar-refractivity contribution in [2.45, 2.75) is 111 Å². The summed E-state index contributed by atoms with van der Waals surface area (Å²) in [6, 6.07) is -0.0744. The molecule has 0 saturated heterocycles. The number of nitrogens with one attached hydrogen (secondary N) is 1. The molecule has 6 nitrogen and oxygen atoms in total. The summed E-state index contributed by atoms with van der Waals surface area (Å²) in [4.78, 5) is 6.89. The zero-order valence-corrected chi connectivity index (χ0v) is 23.8. The third kappa shape index (κ3) is 10.1. The largest absolute Gasteiger partial charge is 0.372 e. The minimum Gasteiger partial charge on any atom is -0.372 e. The van der Waals surface area contributed by atoms with Crippen LogP contribution in [0.15, 0.2) is 28.3 Å². The van der Waals surface area contributed by atoms with Gasteiger partial charge in [0, 0.05) is 12.4 Å². The molecule has 0 saturated carbocycles. The van der Waals surface area contributed by atoms with Crippen molar-refractivity contribution in [1.29, 1.82) is 0 Å². The minimum absolute atomic E-state index is 0.179. The fourth-order valence-electron chi connectivity index (χ4n) is 3.33. The smallest absolute Gasteiger partial charge is 0.219 e. The molecule has 0 fully saturated rings. The lowest BCUT2D eigenvalue weighted by Crippen LogP contribution is -2.54. The van der Waals surface area contributed by atoms with E-state index >= 15 is 0 Å². The molecule has 0 radical (unpaired) electrons. The van der Waals surface area contributed by atoms with Gasteiger partial charge in [-0.2, -0.15) is 0 Å². The van der Waals surface area contributed by atoms with E-state index in [4.69, 9.17) is 14.5 Å². The number of aliphatic hydroxyl groups excluding tert-OH is 1. The number of ether oxygens (including phenoxy) is 2. The number of nitrogens with zero attached hydrogens (tertiary/aromatic N) is 2. The normalized spacial score (nSPS) is 23.4. The molecule has 0 amide bonds. The van der Waals surface area contributed by atoms with Crippen molar-refractivity contribution in [2.24, 2.45) is 16.8 Å². The van der Waals surface area contributed by atoms with Crippen molar-refractivity contribution in [3.05, 3.63) is 23.3 Å². The number of amidine groups is 1. The van der Waals surface area contributed by atoms with E-state index in [2.05, 4.69) is 59.0 Å². The molecule has 7 heteroatoms. The third-order valence-electron chi connectivity index (χ3n) is 6.17. The van der Waals surface area contributed by atoms with Gasteiger partial charge in [0.05, 0.1) is 17.7 Å². The highest BCUT2D eigenvalue weighted by atomic mass is 32.2. The number of aliphatic imine (C=N–C) groups is 1. The summed E-state index contributed by atoms with van der Waals surface area (Å²) in [6.07, 6.45) is 4.14. The van der Waals surface area contributed by atoms with Gasteiger partial charge >= 0.3 is 0 Å². The Morgan fingerprint density at radius 1 is 1.21 bits per heavy atom. The first-order valence-electron chi connectivity index (χ1n) is 12.1. The van der Waals surface area contributed by atoms with Crippen molar-refractivity contribution in [1.82, 2.24) is 10.2 Å². The Morgan fingerprint density at radius 3 is 2.30 bits per heavy atom. The molecule has 192 valence electrons. The van der Waals surface area contributed by atoms with Crippen LogP contribution in [0.4, 0.5) is 0 Å². The van der Waals surface area contributed by atoms with Crippen LogP contribution in [0, 0.1) is 11.8 Å². The van der Waals surface area contributed by atoms with Crippen LogP contribution in [0.25, 0.3) is 0 Å². The third-order valence-corrected chi connectivity index (χ3v) is 7.65. The fourth-order valence-corrected chi connectivity index (χ4v) is 4.57. The van der Waals surface area contributed by atoms with E-state index in [0.717, 1.165) is 11.6 Å². The van der Waals surface area contributed by atoms with Gasteiger partial charge in [0.2, 0.25) is 6.41 Å². The van der Waals surface area contributed by atoms with Crippen LogP contribution in [0.2, 0.25) is 0 Å². The lowest BCUT2D eigenvalue weighted by molar-refractivity contribution is -0.259. The lowest BCUT2D eigenvalue weighted by Gasteiger charge is -2.38. The van der Waals surface area contributed by atoms with Crippen molar-refractivity contribution >= 4 is 16.9 Å². The standard InChI is InChI=1S/C26H49N3O3S/c1-16(2)18(5)13-14-19(6)21-15-22(17(3)4)33-24(27-21)28-23(30)20(7)29(11)25(31-12)32-26(8,9)10/h13-14,17,19-23,25,30H,15H2,1-12H3,(H,27,28)/b14-13-/t19-,20-,21?,22+,23+,25+/m0/s1. The number of hydrogen-bond donors (Lipinski definition) is 2. The highest BCUT2D eigenvalue weighted by Gasteiger charge is 2.33. The zero-order valence-electron chi connectivity index (χ0n) is 23.0. The van der Waals surface area contributed by atoms with Crippen LogP contribution in [-0.4, -0.2) is 64.9 Å². The minimum atomic E-state index is -0.812. The maximum atomic E-state index is 11.0. The van der Waals surface area contributed by atoms with Crippen LogP contribution in [-0.2, 0) is 9.47 Å². The molecule has 0 aromatic rings. The first-order valence-corrected chi connectivity index (χ1v) is 13.0. The van der Waals surface area contributed by atoms with E-state index in [1.54, 1.807) is 18.9 Å².